The Bertz CT molecular complexity index is 685. The van der Waals surface area contributed by atoms with Gasteiger partial charge in [0.15, 0.2) is 0 Å². The minimum atomic E-state index is 0.905. The summed E-state index contributed by atoms with van der Waals surface area (Å²) < 4.78 is 0. The molecule has 3 rings (SSSR count). The Morgan fingerprint density at radius 1 is 0.355 bits per heavy atom. The summed E-state index contributed by atoms with van der Waals surface area (Å²) >= 11 is 0. The largest absolute Gasteiger partial charge is 0.139 e. The van der Waals surface area contributed by atoms with Gasteiger partial charge in [-0.1, -0.05) is 129 Å². The third-order valence-corrected chi connectivity index (χ3v) is 6.51. The van der Waals surface area contributed by atoms with Gasteiger partial charge in [0.2, 0.25) is 0 Å². The first-order valence-electron chi connectivity index (χ1n) is 12.5. The Balaban J connectivity index is 1.36. The number of hydrogen-bond donors (Lipinski definition) is 0. The summed E-state index contributed by atoms with van der Waals surface area (Å²) in [6.45, 7) is 0.905. The zero-order valence-corrected chi connectivity index (χ0v) is 19.2. The highest BCUT2D eigenvalue weighted by atomic mass is 14.0. The van der Waals surface area contributed by atoms with Crippen LogP contribution < -0.4 is 0 Å². The van der Waals surface area contributed by atoms with Crippen molar-refractivity contribution in [3.63, 3.8) is 0 Å². The average Bonchev–Trinajstić information content (AvgIpc) is 2.83. The van der Waals surface area contributed by atoms with E-state index in [9.17, 15) is 0 Å². The summed E-state index contributed by atoms with van der Waals surface area (Å²) in [7, 11) is 0. The molecule has 0 aliphatic heterocycles. The number of aryl methyl sites for hydroxylation is 3. The molecule has 0 N–H and O–H groups in total. The first kappa shape index (κ1) is 23.4. The molecule has 0 aliphatic carbocycles. The van der Waals surface area contributed by atoms with Crippen LogP contribution in [0.1, 0.15) is 55.2 Å². The topological polar surface area (TPSA) is 0 Å². The smallest absolute Gasteiger partial charge is 0.0741 e. The van der Waals surface area contributed by atoms with Gasteiger partial charge in [-0.3, -0.25) is 0 Å². The second-order valence-electron chi connectivity index (χ2n) is 9.06. The molecule has 0 aromatic heterocycles. The Labute approximate surface area is 191 Å². The fourth-order valence-corrected chi connectivity index (χ4v) is 4.65. The molecule has 0 spiro atoms. The van der Waals surface area contributed by atoms with E-state index in [1.54, 1.807) is 0 Å². The van der Waals surface area contributed by atoms with E-state index in [2.05, 4.69) is 91.0 Å². The zero-order valence-electron chi connectivity index (χ0n) is 19.2. The van der Waals surface area contributed by atoms with Gasteiger partial charge in [0.05, 0.1) is 0 Å². The lowest BCUT2D eigenvalue weighted by molar-refractivity contribution is 0.745. The van der Waals surface area contributed by atoms with Gasteiger partial charge in [0.25, 0.3) is 0 Å². The van der Waals surface area contributed by atoms with Crippen molar-refractivity contribution in [1.82, 2.24) is 0 Å². The van der Waals surface area contributed by atoms with Crippen LogP contribution in [0.15, 0.2) is 91.0 Å². The van der Waals surface area contributed by atoms with Gasteiger partial charge < -0.3 is 0 Å². The maximum atomic E-state index is 2.27. The van der Waals surface area contributed by atoms with E-state index in [4.69, 9.17) is 0 Å². The molecule has 162 valence electrons. The van der Waals surface area contributed by atoms with Gasteiger partial charge in [0.1, 0.15) is 6.71 Å². The van der Waals surface area contributed by atoms with Crippen molar-refractivity contribution in [1.29, 1.82) is 0 Å². The predicted molar refractivity (Wildman–Crippen MR) is 138 cm³/mol. The van der Waals surface area contributed by atoms with Crippen molar-refractivity contribution >= 4 is 6.71 Å². The van der Waals surface area contributed by atoms with Gasteiger partial charge in [0, 0.05) is 0 Å². The van der Waals surface area contributed by atoms with Crippen molar-refractivity contribution < 1.29 is 0 Å². The van der Waals surface area contributed by atoms with Gasteiger partial charge in [-0.15, -0.1) is 0 Å². The molecule has 0 amide bonds. The monoisotopic (exact) mass is 410 g/mol. The van der Waals surface area contributed by atoms with Crippen LogP contribution in [-0.4, -0.2) is 6.71 Å². The average molecular weight is 410 g/mol. The Morgan fingerprint density at radius 2 is 0.645 bits per heavy atom. The SMILES string of the molecule is c1ccc(CCCCB(CCCCc2ccccc2)CCCCc2ccccc2)cc1. The lowest BCUT2D eigenvalue weighted by atomic mass is 9.41. The van der Waals surface area contributed by atoms with Gasteiger partial charge in [-0.05, 0) is 55.2 Å². The first-order chi connectivity index (χ1) is 15.4. The molecule has 0 nitrogen and oxygen atoms in total. The quantitative estimate of drug-likeness (QED) is 0.174. The van der Waals surface area contributed by atoms with Gasteiger partial charge >= 0.3 is 0 Å². The maximum Gasteiger partial charge on any atom is 0.139 e. The molecule has 0 aliphatic rings. The van der Waals surface area contributed by atoms with Crippen LogP contribution in [0.3, 0.4) is 0 Å². The number of unbranched alkanes of at least 4 members (excludes halogenated alkanes) is 3. The zero-order chi connectivity index (χ0) is 21.4. The van der Waals surface area contributed by atoms with E-state index in [-0.39, 0.29) is 0 Å². The van der Waals surface area contributed by atoms with Crippen molar-refractivity contribution in [2.45, 2.75) is 76.7 Å². The van der Waals surface area contributed by atoms with Crippen molar-refractivity contribution in [2.75, 3.05) is 0 Å². The highest BCUT2D eigenvalue weighted by Crippen LogP contribution is 2.19. The maximum absolute atomic E-state index is 2.27. The summed E-state index contributed by atoms with van der Waals surface area (Å²) in [4.78, 5) is 0. The molecular weight excluding hydrogens is 371 g/mol. The summed E-state index contributed by atoms with van der Waals surface area (Å²) in [5.74, 6) is 0. The molecule has 0 saturated heterocycles. The Morgan fingerprint density at radius 3 is 0.935 bits per heavy atom. The molecule has 0 heterocycles. The van der Waals surface area contributed by atoms with Gasteiger partial charge in [-0.2, -0.15) is 0 Å². The van der Waals surface area contributed by atoms with Crippen molar-refractivity contribution in [3.05, 3.63) is 108 Å². The molecule has 3 aromatic carbocycles. The highest BCUT2D eigenvalue weighted by molar-refractivity contribution is 6.58. The molecule has 0 radical (unpaired) electrons. The van der Waals surface area contributed by atoms with Crippen molar-refractivity contribution in [3.8, 4) is 0 Å². The summed E-state index contributed by atoms with van der Waals surface area (Å²) in [5, 5.41) is 0. The number of rotatable bonds is 15. The third-order valence-electron chi connectivity index (χ3n) is 6.51. The summed E-state index contributed by atoms with van der Waals surface area (Å²) in [6.07, 6.45) is 16.0. The molecule has 0 bridgehead atoms. The molecule has 31 heavy (non-hydrogen) atoms. The summed E-state index contributed by atoms with van der Waals surface area (Å²) in [6, 6.07) is 32.9. The number of hydrogen-bond acceptors (Lipinski definition) is 0. The van der Waals surface area contributed by atoms with Crippen LogP contribution in [0.25, 0.3) is 0 Å². The molecule has 3 aromatic rings. The lowest BCUT2D eigenvalue weighted by Crippen LogP contribution is -2.12. The van der Waals surface area contributed by atoms with Crippen LogP contribution in [-0.2, 0) is 19.3 Å². The standard InChI is InChI=1S/C30H39B/c1-4-16-28(17-5-1)22-10-13-25-31(26-14-11-23-29-18-6-2-7-19-29)27-15-12-24-30-20-8-3-9-21-30/h1-9,16-21H,10-15,22-27H2. The molecular formula is C30H39B. The van der Waals surface area contributed by atoms with E-state index in [0.717, 1.165) is 6.71 Å². The lowest BCUT2D eigenvalue weighted by Gasteiger charge is -2.14. The second kappa shape index (κ2) is 14.7. The minimum Gasteiger partial charge on any atom is -0.0741 e. The fourth-order valence-electron chi connectivity index (χ4n) is 4.65. The van der Waals surface area contributed by atoms with E-state index in [0.29, 0.717) is 0 Å². The van der Waals surface area contributed by atoms with E-state index in [1.807, 2.05) is 0 Å². The molecule has 0 atom stereocenters. The molecule has 0 fully saturated rings. The van der Waals surface area contributed by atoms with E-state index >= 15 is 0 Å². The van der Waals surface area contributed by atoms with E-state index < -0.39 is 0 Å². The van der Waals surface area contributed by atoms with E-state index in [1.165, 1.54) is 93.4 Å². The van der Waals surface area contributed by atoms with Crippen LogP contribution >= 0.6 is 0 Å². The molecule has 1 heteroatoms. The minimum absolute atomic E-state index is 0.905. The first-order valence-corrected chi connectivity index (χ1v) is 12.5. The van der Waals surface area contributed by atoms with Gasteiger partial charge in [-0.25, -0.2) is 0 Å². The predicted octanol–water partition coefficient (Wildman–Crippen LogP) is 8.55. The third kappa shape index (κ3) is 10.1. The van der Waals surface area contributed by atoms with Crippen LogP contribution in [0, 0.1) is 0 Å². The second-order valence-corrected chi connectivity index (χ2v) is 9.06. The van der Waals surface area contributed by atoms with Crippen LogP contribution in [0.4, 0.5) is 0 Å². The van der Waals surface area contributed by atoms with Crippen LogP contribution in [0.2, 0.25) is 19.0 Å². The Hall–Kier alpha value is -2.28. The highest BCUT2D eigenvalue weighted by Gasteiger charge is 2.13. The number of benzene rings is 3. The van der Waals surface area contributed by atoms with Crippen molar-refractivity contribution in [2.24, 2.45) is 0 Å². The molecule has 0 unspecified atom stereocenters. The van der Waals surface area contributed by atoms with Crippen LogP contribution in [0.5, 0.6) is 0 Å². The fraction of sp³-hybridized carbons (Fsp3) is 0.400. The normalized spacial score (nSPS) is 10.8. The summed E-state index contributed by atoms with van der Waals surface area (Å²) in [5.41, 5.74) is 4.47. The Kier molecular flexibility index (Phi) is 11.1. The molecule has 0 saturated carbocycles.